The standard InChI is InChI=1S/C9H21N2O/c1-11(2)7-5-10(6-8-11)4-3-9-12/h12H,3-9H2,1-2H3/q+1. The van der Waals surface area contributed by atoms with Gasteiger partial charge < -0.3 is 9.59 Å². The number of nitrogens with zero attached hydrogens (tertiary/aromatic N) is 2. The quantitative estimate of drug-likeness (QED) is 0.596. The van der Waals surface area contributed by atoms with Crippen molar-refractivity contribution in [2.45, 2.75) is 6.42 Å². The van der Waals surface area contributed by atoms with E-state index >= 15 is 0 Å². The third kappa shape index (κ3) is 3.09. The van der Waals surface area contributed by atoms with Gasteiger partial charge in [-0.2, -0.15) is 0 Å². The molecule has 0 amide bonds. The van der Waals surface area contributed by atoms with E-state index in [0.717, 1.165) is 17.4 Å². The van der Waals surface area contributed by atoms with E-state index in [1.165, 1.54) is 26.2 Å². The number of hydrogen-bond acceptors (Lipinski definition) is 2. The number of quaternary nitrogens is 1. The van der Waals surface area contributed by atoms with Gasteiger partial charge in [0, 0.05) is 26.2 Å². The minimum Gasteiger partial charge on any atom is -0.396 e. The molecular weight excluding hydrogens is 152 g/mol. The molecule has 0 aromatic carbocycles. The van der Waals surface area contributed by atoms with Gasteiger partial charge in [-0.05, 0) is 6.42 Å². The van der Waals surface area contributed by atoms with Gasteiger partial charge in [0.05, 0.1) is 27.2 Å². The first-order valence-corrected chi connectivity index (χ1v) is 4.79. The van der Waals surface area contributed by atoms with Gasteiger partial charge in [-0.1, -0.05) is 0 Å². The van der Waals surface area contributed by atoms with E-state index in [2.05, 4.69) is 19.0 Å². The summed E-state index contributed by atoms with van der Waals surface area (Å²) in [6.07, 6.45) is 0.924. The molecule has 12 heavy (non-hydrogen) atoms. The minimum absolute atomic E-state index is 0.328. The third-order valence-electron chi connectivity index (χ3n) is 2.68. The Hall–Kier alpha value is -0.120. The summed E-state index contributed by atoms with van der Waals surface area (Å²) in [5.74, 6) is 0. The molecule has 0 aliphatic carbocycles. The van der Waals surface area contributed by atoms with Crippen molar-refractivity contribution in [3.8, 4) is 0 Å². The summed E-state index contributed by atoms with van der Waals surface area (Å²) < 4.78 is 1.15. The lowest BCUT2D eigenvalue weighted by Gasteiger charge is -2.39. The molecule has 0 spiro atoms. The lowest BCUT2D eigenvalue weighted by Crippen LogP contribution is -2.54. The number of rotatable bonds is 3. The van der Waals surface area contributed by atoms with Crippen molar-refractivity contribution >= 4 is 0 Å². The van der Waals surface area contributed by atoms with Crippen LogP contribution in [-0.4, -0.2) is 67.9 Å². The molecule has 0 bridgehead atoms. The first-order valence-electron chi connectivity index (χ1n) is 4.79. The average Bonchev–Trinajstić information content (AvgIpc) is 2.03. The van der Waals surface area contributed by atoms with Crippen LogP contribution in [0.3, 0.4) is 0 Å². The van der Waals surface area contributed by atoms with Crippen molar-refractivity contribution < 1.29 is 9.59 Å². The van der Waals surface area contributed by atoms with Crippen molar-refractivity contribution in [1.29, 1.82) is 0 Å². The maximum absolute atomic E-state index is 8.67. The molecule has 0 saturated carbocycles. The van der Waals surface area contributed by atoms with E-state index in [1.807, 2.05) is 0 Å². The lowest BCUT2D eigenvalue weighted by molar-refractivity contribution is -0.894. The van der Waals surface area contributed by atoms with Crippen molar-refractivity contribution in [2.24, 2.45) is 0 Å². The molecule has 0 unspecified atom stereocenters. The van der Waals surface area contributed by atoms with Crippen molar-refractivity contribution in [3.63, 3.8) is 0 Å². The molecule has 1 saturated heterocycles. The smallest absolute Gasteiger partial charge is 0.0912 e. The van der Waals surface area contributed by atoms with Gasteiger partial charge in [-0.3, -0.25) is 4.90 Å². The van der Waals surface area contributed by atoms with E-state index in [4.69, 9.17) is 5.11 Å². The molecule has 1 N–H and O–H groups in total. The van der Waals surface area contributed by atoms with Crippen molar-refractivity contribution in [2.75, 3.05) is 53.4 Å². The lowest BCUT2D eigenvalue weighted by atomic mass is 10.2. The third-order valence-corrected chi connectivity index (χ3v) is 2.68. The van der Waals surface area contributed by atoms with Crippen LogP contribution in [0, 0.1) is 0 Å². The Kier molecular flexibility index (Phi) is 3.50. The molecule has 1 aliphatic heterocycles. The normalized spacial score (nSPS) is 24.2. The zero-order chi connectivity index (χ0) is 9.03. The number of piperazine rings is 1. The highest BCUT2D eigenvalue weighted by atomic mass is 16.3. The van der Waals surface area contributed by atoms with Gasteiger partial charge in [0.2, 0.25) is 0 Å². The number of aliphatic hydroxyl groups excluding tert-OH is 1. The molecular formula is C9H21N2O+. The van der Waals surface area contributed by atoms with Crippen LogP contribution in [0.5, 0.6) is 0 Å². The highest BCUT2D eigenvalue weighted by molar-refractivity contribution is 4.61. The van der Waals surface area contributed by atoms with Crippen molar-refractivity contribution in [1.82, 2.24) is 4.90 Å². The van der Waals surface area contributed by atoms with Gasteiger partial charge in [0.1, 0.15) is 0 Å². The van der Waals surface area contributed by atoms with Gasteiger partial charge in [0.25, 0.3) is 0 Å². The Morgan fingerprint density at radius 3 is 2.33 bits per heavy atom. The first-order chi connectivity index (χ1) is 5.64. The summed E-state index contributed by atoms with van der Waals surface area (Å²) in [6.45, 7) is 6.25. The maximum atomic E-state index is 8.67. The highest BCUT2D eigenvalue weighted by Gasteiger charge is 2.23. The second-order valence-electron chi connectivity index (χ2n) is 4.30. The fourth-order valence-corrected chi connectivity index (χ4v) is 1.57. The fourth-order valence-electron chi connectivity index (χ4n) is 1.57. The van der Waals surface area contributed by atoms with Crippen LogP contribution in [0.4, 0.5) is 0 Å². The van der Waals surface area contributed by atoms with Crippen LogP contribution < -0.4 is 0 Å². The molecule has 3 nitrogen and oxygen atoms in total. The van der Waals surface area contributed by atoms with Crippen LogP contribution >= 0.6 is 0 Å². The van der Waals surface area contributed by atoms with E-state index < -0.39 is 0 Å². The molecule has 0 atom stereocenters. The zero-order valence-electron chi connectivity index (χ0n) is 8.29. The van der Waals surface area contributed by atoms with Crippen LogP contribution in [0.2, 0.25) is 0 Å². The maximum Gasteiger partial charge on any atom is 0.0912 e. The Bertz CT molecular complexity index is 126. The monoisotopic (exact) mass is 173 g/mol. The molecule has 0 aromatic heterocycles. The molecule has 1 aliphatic rings. The van der Waals surface area contributed by atoms with Gasteiger partial charge in [-0.25, -0.2) is 0 Å². The predicted octanol–water partition coefficient (Wildman–Crippen LogP) is -0.239. The van der Waals surface area contributed by atoms with Gasteiger partial charge in [0.15, 0.2) is 0 Å². The molecule has 3 heteroatoms. The number of aliphatic hydroxyl groups is 1. The predicted molar refractivity (Wildman–Crippen MR) is 50.0 cm³/mol. The minimum atomic E-state index is 0.328. The summed E-state index contributed by atoms with van der Waals surface area (Å²) in [5.41, 5.74) is 0. The summed E-state index contributed by atoms with van der Waals surface area (Å²) >= 11 is 0. The fraction of sp³-hybridized carbons (Fsp3) is 1.00. The Morgan fingerprint density at radius 2 is 1.83 bits per heavy atom. The van der Waals surface area contributed by atoms with E-state index in [-0.39, 0.29) is 0 Å². The first kappa shape index (κ1) is 9.96. The Balaban J connectivity index is 2.18. The average molecular weight is 173 g/mol. The topological polar surface area (TPSA) is 23.5 Å². The molecule has 72 valence electrons. The van der Waals surface area contributed by atoms with E-state index in [1.54, 1.807) is 0 Å². The molecule has 0 radical (unpaired) electrons. The largest absolute Gasteiger partial charge is 0.396 e. The second-order valence-corrected chi connectivity index (χ2v) is 4.30. The van der Waals surface area contributed by atoms with Crippen LogP contribution in [-0.2, 0) is 0 Å². The molecule has 0 aromatic rings. The number of likely N-dealkylation sites (N-methyl/N-ethyl adjacent to an activating group) is 1. The molecule has 1 rings (SSSR count). The van der Waals surface area contributed by atoms with Crippen LogP contribution in [0.15, 0.2) is 0 Å². The van der Waals surface area contributed by atoms with E-state index in [9.17, 15) is 0 Å². The van der Waals surface area contributed by atoms with Crippen LogP contribution in [0.1, 0.15) is 6.42 Å². The number of hydrogen-bond donors (Lipinski definition) is 1. The summed E-state index contributed by atoms with van der Waals surface area (Å²) in [5, 5.41) is 8.67. The SMILES string of the molecule is C[N+]1(C)CCN(CCCO)CC1. The summed E-state index contributed by atoms with van der Waals surface area (Å²) in [6, 6.07) is 0. The van der Waals surface area contributed by atoms with Gasteiger partial charge in [-0.15, -0.1) is 0 Å². The van der Waals surface area contributed by atoms with Gasteiger partial charge >= 0.3 is 0 Å². The molecule has 1 fully saturated rings. The summed E-state index contributed by atoms with van der Waals surface area (Å²) in [7, 11) is 4.56. The zero-order valence-corrected chi connectivity index (χ0v) is 8.29. The Labute approximate surface area is 75.2 Å². The Morgan fingerprint density at radius 1 is 1.25 bits per heavy atom. The second kappa shape index (κ2) is 4.21. The van der Waals surface area contributed by atoms with Crippen molar-refractivity contribution in [3.05, 3.63) is 0 Å². The molecule has 1 heterocycles. The van der Waals surface area contributed by atoms with Crippen LogP contribution in [0.25, 0.3) is 0 Å². The van der Waals surface area contributed by atoms with E-state index in [0.29, 0.717) is 6.61 Å². The highest BCUT2D eigenvalue weighted by Crippen LogP contribution is 2.06. The summed E-state index contributed by atoms with van der Waals surface area (Å²) in [4.78, 5) is 2.44.